The quantitative estimate of drug-likeness (QED) is 0.759. The van der Waals surface area contributed by atoms with Gasteiger partial charge in [-0.15, -0.1) is 0 Å². The summed E-state index contributed by atoms with van der Waals surface area (Å²) in [5.41, 5.74) is 1.75. The maximum absolute atomic E-state index is 5.57. The topological polar surface area (TPSA) is 25.2 Å². The molecule has 0 aliphatic rings. The molecule has 0 aliphatic carbocycles. The van der Waals surface area contributed by atoms with Crippen LogP contribution in [0.4, 0.5) is 0 Å². The third-order valence-electron chi connectivity index (χ3n) is 3.30. The predicted octanol–water partition coefficient (Wildman–Crippen LogP) is 4.71. The highest BCUT2D eigenvalue weighted by Crippen LogP contribution is 2.29. The monoisotopic (exact) mass is 251 g/mol. The first kappa shape index (κ1) is 15.3. The maximum Gasteiger partial charge on any atom is 0.108 e. The van der Waals surface area contributed by atoms with Crippen molar-refractivity contribution in [2.45, 2.75) is 66.3 Å². The van der Waals surface area contributed by atoms with Crippen LogP contribution in [0, 0.1) is 5.41 Å². The molecule has 0 fully saturated rings. The Morgan fingerprint density at radius 2 is 2.00 bits per heavy atom. The molecule has 2 heteroatoms. The van der Waals surface area contributed by atoms with E-state index in [0.717, 1.165) is 18.7 Å². The molecule has 18 heavy (non-hydrogen) atoms. The van der Waals surface area contributed by atoms with Crippen molar-refractivity contribution >= 4 is 0 Å². The number of furan rings is 1. The van der Waals surface area contributed by atoms with Gasteiger partial charge in [0.25, 0.3) is 0 Å². The van der Waals surface area contributed by atoms with Crippen molar-refractivity contribution in [2.75, 3.05) is 6.54 Å². The minimum atomic E-state index is 0.391. The zero-order valence-electron chi connectivity index (χ0n) is 12.7. The number of aryl methyl sites for hydroxylation is 1. The molecule has 0 aliphatic heterocycles. The average Bonchev–Trinajstić information content (AvgIpc) is 2.76. The van der Waals surface area contributed by atoms with Crippen LogP contribution in [0.1, 0.15) is 71.2 Å². The van der Waals surface area contributed by atoms with E-state index in [1.165, 1.54) is 24.8 Å². The second-order valence-electron chi connectivity index (χ2n) is 6.26. The van der Waals surface area contributed by atoms with Crippen LogP contribution in [0.5, 0.6) is 0 Å². The zero-order valence-corrected chi connectivity index (χ0v) is 12.7. The Balaban J connectivity index is 2.71. The van der Waals surface area contributed by atoms with Crippen LogP contribution in [-0.2, 0) is 6.42 Å². The molecule has 0 saturated carbocycles. The molecular formula is C16H29NO. The number of hydrogen-bond acceptors (Lipinski definition) is 2. The van der Waals surface area contributed by atoms with E-state index in [-0.39, 0.29) is 0 Å². The standard InChI is InChI=1S/C16H29NO/c1-6-11-17-14(8-10-16(3,4)5)13-9-12-18-15(13)7-2/h9,12,14,17H,6-8,10-11H2,1-5H3. The molecule has 2 nitrogen and oxygen atoms in total. The highest BCUT2D eigenvalue weighted by atomic mass is 16.3. The normalized spacial score (nSPS) is 13.8. The SMILES string of the molecule is CCCNC(CCC(C)(C)C)c1ccoc1CC. The Hall–Kier alpha value is -0.760. The van der Waals surface area contributed by atoms with Gasteiger partial charge in [-0.25, -0.2) is 0 Å². The lowest BCUT2D eigenvalue weighted by Gasteiger charge is -2.24. The second-order valence-corrected chi connectivity index (χ2v) is 6.26. The molecule has 0 spiro atoms. The second kappa shape index (κ2) is 6.98. The van der Waals surface area contributed by atoms with Crippen molar-refractivity contribution in [3.63, 3.8) is 0 Å². The van der Waals surface area contributed by atoms with Crippen molar-refractivity contribution in [3.05, 3.63) is 23.7 Å². The van der Waals surface area contributed by atoms with Crippen molar-refractivity contribution in [1.82, 2.24) is 5.32 Å². The minimum absolute atomic E-state index is 0.391. The Morgan fingerprint density at radius 1 is 1.28 bits per heavy atom. The molecule has 0 bridgehead atoms. The molecule has 0 amide bonds. The summed E-state index contributed by atoms with van der Waals surface area (Å²) in [6.07, 6.45) is 6.37. The van der Waals surface area contributed by atoms with E-state index in [1.807, 2.05) is 6.26 Å². The van der Waals surface area contributed by atoms with E-state index in [9.17, 15) is 0 Å². The molecule has 1 aromatic heterocycles. The molecule has 1 atom stereocenters. The summed E-state index contributed by atoms with van der Waals surface area (Å²) < 4.78 is 5.57. The van der Waals surface area contributed by atoms with Crippen molar-refractivity contribution < 1.29 is 4.42 Å². The van der Waals surface area contributed by atoms with Crippen molar-refractivity contribution in [3.8, 4) is 0 Å². The molecule has 1 aromatic rings. The lowest BCUT2D eigenvalue weighted by Crippen LogP contribution is -2.24. The van der Waals surface area contributed by atoms with Gasteiger partial charge >= 0.3 is 0 Å². The third-order valence-corrected chi connectivity index (χ3v) is 3.30. The number of nitrogens with one attached hydrogen (secondary N) is 1. The fraction of sp³-hybridized carbons (Fsp3) is 0.750. The van der Waals surface area contributed by atoms with Crippen LogP contribution < -0.4 is 5.32 Å². The Bertz CT molecular complexity index is 335. The van der Waals surface area contributed by atoms with Gasteiger partial charge in [-0.2, -0.15) is 0 Å². The van der Waals surface area contributed by atoms with Crippen molar-refractivity contribution in [2.24, 2.45) is 5.41 Å². The first-order valence-electron chi connectivity index (χ1n) is 7.27. The van der Waals surface area contributed by atoms with Crippen molar-refractivity contribution in [1.29, 1.82) is 0 Å². The lowest BCUT2D eigenvalue weighted by atomic mass is 9.87. The fourth-order valence-electron chi connectivity index (χ4n) is 2.21. The zero-order chi connectivity index (χ0) is 13.6. The molecule has 0 saturated heterocycles. The van der Waals surface area contributed by atoms with Gasteiger partial charge in [0.2, 0.25) is 0 Å². The minimum Gasteiger partial charge on any atom is -0.469 e. The van der Waals surface area contributed by atoms with Gasteiger partial charge in [0.05, 0.1) is 6.26 Å². The summed E-state index contributed by atoms with van der Waals surface area (Å²) in [6.45, 7) is 12.4. The maximum atomic E-state index is 5.57. The molecule has 1 heterocycles. The average molecular weight is 251 g/mol. The van der Waals surface area contributed by atoms with Gasteiger partial charge in [0.15, 0.2) is 0 Å². The number of rotatable bonds is 7. The Labute approximate surface area is 112 Å². The summed E-state index contributed by atoms with van der Waals surface area (Å²) in [5.74, 6) is 1.14. The number of hydrogen-bond donors (Lipinski definition) is 1. The molecule has 1 N–H and O–H groups in total. The van der Waals surface area contributed by atoms with Crippen LogP contribution in [0.3, 0.4) is 0 Å². The van der Waals surface area contributed by atoms with Gasteiger partial charge in [0.1, 0.15) is 5.76 Å². The smallest absolute Gasteiger partial charge is 0.108 e. The first-order chi connectivity index (χ1) is 8.48. The highest BCUT2D eigenvalue weighted by Gasteiger charge is 2.19. The highest BCUT2D eigenvalue weighted by molar-refractivity contribution is 5.21. The molecule has 104 valence electrons. The van der Waals surface area contributed by atoms with E-state index in [0.29, 0.717) is 11.5 Å². The van der Waals surface area contributed by atoms with Crippen LogP contribution in [0.25, 0.3) is 0 Å². The molecular weight excluding hydrogens is 222 g/mol. The van der Waals surface area contributed by atoms with Crippen LogP contribution in [0.2, 0.25) is 0 Å². The van der Waals surface area contributed by atoms with Crippen LogP contribution in [-0.4, -0.2) is 6.54 Å². The largest absolute Gasteiger partial charge is 0.469 e. The van der Waals surface area contributed by atoms with Crippen LogP contribution in [0.15, 0.2) is 16.7 Å². The lowest BCUT2D eigenvalue weighted by molar-refractivity contribution is 0.330. The Kier molecular flexibility index (Phi) is 5.94. The third kappa shape index (κ3) is 4.85. The van der Waals surface area contributed by atoms with E-state index in [1.54, 1.807) is 0 Å². The van der Waals surface area contributed by atoms with E-state index in [2.05, 4.69) is 46.0 Å². The van der Waals surface area contributed by atoms with Crippen LogP contribution >= 0.6 is 0 Å². The van der Waals surface area contributed by atoms with E-state index in [4.69, 9.17) is 4.42 Å². The summed E-state index contributed by atoms with van der Waals surface area (Å²) in [5, 5.41) is 3.66. The fourth-order valence-corrected chi connectivity index (χ4v) is 2.21. The summed E-state index contributed by atoms with van der Waals surface area (Å²) in [6, 6.07) is 2.58. The Morgan fingerprint density at radius 3 is 2.56 bits per heavy atom. The van der Waals surface area contributed by atoms with Gasteiger partial charge in [-0.1, -0.05) is 34.6 Å². The molecule has 1 unspecified atom stereocenters. The van der Waals surface area contributed by atoms with Gasteiger partial charge in [0, 0.05) is 18.0 Å². The summed E-state index contributed by atoms with van der Waals surface area (Å²) in [7, 11) is 0. The predicted molar refractivity (Wildman–Crippen MR) is 77.8 cm³/mol. The summed E-state index contributed by atoms with van der Waals surface area (Å²) in [4.78, 5) is 0. The molecule has 0 aromatic carbocycles. The molecule has 0 radical (unpaired) electrons. The first-order valence-corrected chi connectivity index (χ1v) is 7.27. The molecule has 1 rings (SSSR count). The van der Waals surface area contributed by atoms with Gasteiger partial charge in [-0.3, -0.25) is 0 Å². The van der Waals surface area contributed by atoms with Gasteiger partial charge < -0.3 is 9.73 Å². The van der Waals surface area contributed by atoms with E-state index >= 15 is 0 Å². The van der Waals surface area contributed by atoms with Gasteiger partial charge in [-0.05, 0) is 37.3 Å². The van der Waals surface area contributed by atoms with E-state index < -0.39 is 0 Å². The summed E-state index contributed by atoms with van der Waals surface area (Å²) >= 11 is 0.